The lowest BCUT2D eigenvalue weighted by atomic mass is 10.2. The van der Waals surface area contributed by atoms with Crippen molar-refractivity contribution in [2.24, 2.45) is 0 Å². The molecule has 1 aromatic heterocycles. The maximum atomic E-state index is 12.5. The molecule has 1 heterocycles. The maximum absolute atomic E-state index is 12.5. The quantitative estimate of drug-likeness (QED) is 0.712. The van der Waals surface area contributed by atoms with Gasteiger partial charge in [0, 0.05) is 23.9 Å². The highest BCUT2D eigenvalue weighted by Crippen LogP contribution is 2.23. The van der Waals surface area contributed by atoms with E-state index in [9.17, 15) is 13.2 Å². The Bertz CT molecular complexity index is 1040. The summed E-state index contributed by atoms with van der Waals surface area (Å²) in [7, 11) is -3.78. The van der Waals surface area contributed by atoms with E-state index >= 15 is 0 Å². The molecule has 0 aliphatic carbocycles. The Kier molecular flexibility index (Phi) is 4.72. The van der Waals surface area contributed by atoms with Gasteiger partial charge in [-0.05, 0) is 49.4 Å². The van der Waals surface area contributed by atoms with Crippen molar-refractivity contribution in [3.05, 3.63) is 54.4 Å². The fraction of sp³-hybridized carbons (Fsp3) is 0.118. The minimum atomic E-state index is -3.78. The van der Waals surface area contributed by atoms with Gasteiger partial charge >= 0.3 is 0 Å². The third-order valence-electron chi connectivity index (χ3n) is 3.37. The Morgan fingerprint density at radius 2 is 1.81 bits per heavy atom. The number of nitrogens with one attached hydrogen (secondary N) is 2. The molecule has 0 spiro atoms. The van der Waals surface area contributed by atoms with Crippen LogP contribution in [0, 0.1) is 6.92 Å². The molecule has 0 aliphatic heterocycles. The molecule has 2 N–H and O–H groups in total. The third-order valence-corrected chi connectivity index (χ3v) is 4.77. The molecule has 26 heavy (non-hydrogen) atoms. The second-order valence-corrected chi connectivity index (χ2v) is 7.22. The molecular formula is C17H16N4O4S. The number of rotatable bonds is 5. The molecule has 9 heteroatoms. The lowest BCUT2D eigenvalue weighted by molar-refractivity contribution is -0.114. The van der Waals surface area contributed by atoms with Crippen LogP contribution in [-0.4, -0.2) is 24.5 Å². The number of anilines is 2. The second kappa shape index (κ2) is 6.96. The largest absolute Gasteiger partial charge is 0.334 e. The van der Waals surface area contributed by atoms with Gasteiger partial charge in [0.15, 0.2) is 5.82 Å². The second-order valence-electron chi connectivity index (χ2n) is 5.54. The van der Waals surface area contributed by atoms with Crippen LogP contribution in [0.3, 0.4) is 0 Å². The highest BCUT2D eigenvalue weighted by Gasteiger charge is 2.15. The van der Waals surface area contributed by atoms with Crippen LogP contribution in [-0.2, 0) is 14.8 Å². The van der Waals surface area contributed by atoms with Crippen LogP contribution in [0.2, 0.25) is 0 Å². The predicted octanol–water partition coefficient (Wildman–Crippen LogP) is 2.80. The molecule has 3 rings (SSSR count). The predicted molar refractivity (Wildman–Crippen MR) is 96.0 cm³/mol. The Morgan fingerprint density at radius 1 is 1.08 bits per heavy atom. The average molecular weight is 372 g/mol. The smallest absolute Gasteiger partial charge is 0.261 e. The minimum Gasteiger partial charge on any atom is -0.334 e. The number of amides is 1. The zero-order valence-corrected chi connectivity index (χ0v) is 14.9. The Labute approximate surface area is 150 Å². The standard InChI is InChI=1S/C17H16N4O4S/c1-11-18-17(25-20-11)13-4-3-5-15(10-13)21-26(23,24)16-8-6-14(7-9-16)19-12(2)22/h3-10,21H,1-2H3,(H,19,22). The van der Waals surface area contributed by atoms with E-state index in [1.54, 1.807) is 31.2 Å². The van der Waals surface area contributed by atoms with Crippen LogP contribution in [0.15, 0.2) is 57.9 Å². The molecule has 0 atom stereocenters. The van der Waals surface area contributed by atoms with Crippen LogP contribution >= 0.6 is 0 Å². The summed E-state index contributed by atoms with van der Waals surface area (Å²) in [6, 6.07) is 12.5. The van der Waals surface area contributed by atoms with Crippen LogP contribution in [0.4, 0.5) is 11.4 Å². The molecule has 0 unspecified atom stereocenters. The van der Waals surface area contributed by atoms with E-state index in [0.717, 1.165) is 0 Å². The van der Waals surface area contributed by atoms with Crippen LogP contribution in [0.1, 0.15) is 12.7 Å². The third kappa shape index (κ3) is 4.06. The van der Waals surface area contributed by atoms with Crippen molar-refractivity contribution in [1.82, 2.24) is 10.1 Å². The first-order chi connectivity index (χ1) is 12.3. The van der Waals surface area contributed by atoms with Gasteiger partial charge in [-0.15, -0.1) is 0 Å². The molecule has 0 saturated heterocycles. The summed E-state index contributed by atoms with van der Waals surface area (Å²) in [5.74, 6) is 0.570. The van der Waals surface area contributed by atoms with Crippen molar-refractivity contribution in [2.45, 2.75) is 18.7 Å². The first-order valence-corrected chi connectivity index (χ1v) is 9.13. The molecule has 2 aromatic carbocycles. The molecular weight excluding hydrogens is 356 g/mol. The van der Waals surface area contributed by atoms with Gasteiger partial charge < -0.3 is 9.84 Å². The van der Waals surface area contributed by atoms with E-state index in [4.69, 9.17) is 4.52 Å². The number of sulfonamides is 1. The maximum Gasteiger partial charge on any atom is 0.261 e. The molecule has 0 bridgehead atoms. The number of aryl methyl sites for hydroxylation is 1. The molecule has 0 radical (unpaired) electrons. The van der Waals surface area contributed by atoms with E-state index in [-0.39, 0.29) is 10.8 Å². The van der Waals surface area contributed by atoms with E-state index in [2.05, 4.69) is 20.2 Å². The Morgan fingerprint density at radius 3 is 2.42 bits per heavy atom. The Balaban J connectivity index is 1.82. The number of aromatic nitrogens is 2. The number of benzene rings is 2. The number of carbonyl (C=O) groups excluding carboxylic acids is 1. The van der Waals surface area contributed by atoms with Crippen LogP contribution < -0.4 is 10.0 Å². The summed E-state index contributed by atoms with van der Waals surface area (Å²) in [6.07, 6.45) is 0. The van der Waals surface area contributed by atoms with E-state index in [1.807, 2.05) is 0 Å². The molecule has 0 aliphatic rings. The fourth-order valence-corrected chi connectivity index (χ4v) is 3.31. The van der Waals surface area contributed by atoms with Gasteiger partial charge in [0.2, 0.25) is 5.91 Å². The molecule has 3 aromatic rings. The zero-order valence-electron chi connectivity index (χ0n) is 14.1. The van der Waals surface area contributed by atoms with Crippen LogP contribution in [0.25, 0.3) is 11.5 Å². The van der Waals surface area contributed by atoms with Crippen LogP contribution in [0.5, 0.6) is 0 Å². The normalized spacial score (nSPS) is 11.2. The zero-order chi connectivity index (χ0) is 18.7. The topological polar surface area (TPSA) is 114 Å². The van der Waals surface area contributed by atoms with Crippen molar-refractivity contribution in [2.75, 3.05) is 10.0 Å². The van der Waals surface area contributed by atoms with Gasteiger partial charge in [0.25, 0.3) is 15.9 Å². The minimum absolute atomic E-state index is 0.0747. The van der Waals surface area contributed by atoms with Gasteiger partial charge in [0.1, 0.15) is 0 Å². The molecule has 8 nitrogen and oxygen atoms in total. The van der Waals surface area contributed by atoms with E-state index in [0.29, 0.717) is 28.7 Å². The number of carbonyl (C=O) groups is 1. The first kappa shape index (κ1) is 17.6. The summed E-state index contributed by atoms with van der Waals surface area (Å²) in [5, 5.41) is 6.30. The summed E-state index contributed by atoms with van der Waals surface area (Å²) < 4.78 is 32.7. The SMILES string of the molecule is CC(=O)Nc1ccc(S(=O)(=O)Nc2cccc(-c3nc(C)no3)c2)cc1. The Hall–Kier alpha value is -3.20. The van der Waals surface area contributed by atoms with Gasteiger partial charge in [-0.2, -0.15) is 4.98 Å². The van der Waals surface area contributed by atoms with E-state index in [1.165, 1.54) is 31.2 Å². The molecule has 1 amide bonds. The lowest BCUT2D eigenvalue weighted by Crippen LogP contribution is -2.13. The molecule has 134 valence electrons. The van der Waals surface area contributed by atoms with Crippen molar-refractivity contribution in [1.29, 1.82) is 0 Å². The lowest BCUT2D eigenvalue weighted by Gasteiger charge is -2.09. The monoisotopic (exact) mass is 372 g/mol. The number of nitrogens with zero attached hydrogens (tertiary/aromatic N) is 2. The van der Waals surface area contributed by atoms with E-state index < -0.39 is 10.0 Å². The molecule has 0 fully saturated rings. The number of hydrogen-bond donors (Lipinski definition) is 2. The number of hydrogen-bond acceptors (Lipinski definition) is 6. The molecule has 0 saturated carbocycles. The van der Waals surface area contributed by atoms with Crippen molar-refractivity contribution < 1.29 is 17.7 Å². The summed E-state index contributed by atoms with van der Waals surface area (Å²) in [4.78, 5) is 15.2. The van der Waals surface area contributed by atoms with Gasteiger partial charge in [-0.1, -0.05) is 11.2 Å². The van der Waals surface area contributed by atoms with Crippen molar-refractivity contribution in [3.63, 3.8) is 0 Å². The van der Waals surface area contributed by atoms with Gasteiger partial charge in [0.05, 0.1) is 4.90 Å². The van der Waals surface area contributed by atoms with Crippen molar-refractivity contribution >= 4 is 27.3 Å². The van der Waals surface area contributed by atoms with Crippen molar-refractivity contribution in [3.8, 4) is 11.5 Å². The summed E-state index contributed by atoms with van der Waals surface area (Å²) in [6.45, 7) is 3.08. The average Bonchev–Trinajstić information content (AvgIpc) is 3.01. The first-order valence-electron chi connectivity index (χ1n) is 7.65. The summed E-state index contributed by atoms with van der Waals surface area (Å²) >= 11 is 0. The highest BCUT2D eigenvalue weighted by molar-refractivity contribution is 7.92. The van der Waals surface area contributed by atoms with Gasteiger partial charge in [-0.25, -0.2) is 8.42 Å². The highest BCUT2D eigenvalue weighted by atomic mass is 32.2. The fourth-order valence-electron chi connectivity index (χ4n) is 2.26. The van der Waals surface area contributed by atoms with Gasteiger partial charge in [-0.3, -0.25) is 9.52 Å². The summed E-state index contributed by atoms with van der Waals surface area (Å²) in [5.41, 5.74) is 1.49.